The third-order valence-electron chi connectivity index (χ3n) is 5.04. The van der Waals surface area contributed by atoms with Crippen molar-refractivity contribution in [3.05, 3.63) is 46.8 Å². The summed E-state index contributed by atoms with van der Waals surface area (Å²) in [6, 6.07) is 9.40. The number of aromatic nitrogens is 1. The van der Waals surface area contributed by atoms with Gasteiger partial charge in [0.1, 0.15) is 24.0 Å². The van der Waals surface area contributed by atoms with Crippen LogP contribution in [0.15, 0.2) is 29.8 Å². The second-order valence-electron chi connectivity index (χ2n) is 7.29. The second kappa shape index (κ2) is 10.0. The molecule has 3 rings (SSSR count). The monoisotopic (exact) mass is 425 g/mol. The Labute approximate surface area is 182 Å². The van der Waals surface area contributed by atoms with E-state index < -0.39 is 5.91 Å². The van der Waals surface area contributed by atoms with Crippen molar-refractivity contribution in [1.82, 2.24) is 9.88 Å². The van der Waals surface area contributed by atoms with Gasteiger partial charge in [-0.2, -0.15) is 5.26 Å². The molecule has 1 atom stereocenters. The smallest absolute Gasteiger partial charge is 0.262 e. The zero-order valence-corrected chi connectivity index (χ0v) is 18.2. The van der Waals surface area contributed by atoms with E-state index in [1.807, 2.05) is 26.0 Å². The maximum Gasteiger partial charge on any atom is 0.262 e. The molecule has 0 spiro atoms. The van der Waals surface area contributed by atoms with E-state index in [0.29, 0.717) is 23.9 Å². The molecular weight excluding hydrogens is 398 g/mol. The highest BCUT2D eigenvalue weighted by atomic mass is 16.7. The van der Waals surface area contributed by atoms with Crippen LogP contribution in [0.1, 0.15) is 29.9 Å². The molecule has 0 radical (unpaired) electrons. The molecule has 1 aromatic carbocycles. The molecular formula is C23H27N3O5. The van der Waals surface area contributed by atoms with Crippen LogP contribution in [-0.2, 0) is 9.53 Å². The topological polar surface area (TPSA) is 94.7 Å². The van der Waals surface area contributed by atoms with Crippen LogP contribution in [0, 0.1) is 25.2 Å². The van der Waals surface area contributed by atoms with Crippen LogP contribution in [0.3, 0.4) is 0 Å². The lowest BCUT2D eigenvalue weighted by Crippen LogP contribution is -2.29. The second-order valence-corrected chi connectivity index (χ2v) is 7.29. The lowest BCUT2D eigenvalue weighted by molar-refractivity contribution is -0.117. The van der Waals surface area contributed by atoms with Crippen LogP contribution in [0.2, 0.25) is 0 Å². The normalized spacial score (nSPS) is 13.6. The number of nitrogens with zero attached hydrogens (tertiary/aromatic N) is 2. The van der Waals surface area contributed by atoms with Gasteiger partial charge in [-0.15, -0.1) is 0 Å². The standard InChI is InChI=1S/C23H27N3O5/c1-15-9-18(17(3)26(15)16(2)13-28-4)10-19(12-24)23(27)25-7-8-29-20-5-6-21-22(11-20)31-14-30-21/h5-6,9-11,16H,7-8,13-14H2,1-4H3,(H,25,27)/b19-10-. The Morgan fingerprint density at radius 3 is 2.84 bits per heavy atom. The van der Waals surface area contributed by atoms with Crippen molar-refractivity contribution in [3.8, 4) is 23.3 Å². The number of ether oxygens (including phenoxy) is 4. The summed E-state index contributed by atoms with van der Waals surface area (Å²) in [6.45, 7) is 7.33. The number of carbonyl (C=O) groups is 1. The number of benzene rings is 1. The van der Waals surface area contributed by atoms with Crippen molar-refractivity contribution in [2.45, 2.75) is 26.8 Å². The quantitative estimate of drug-likeness (QED) is 0.377. The molecule has 2 heterocycles. The number of methoxy groups -OCH3 is 1. The van der Waals surface area contributed by atoms with E-state index in [1.54, 1.807) is 31.4 Å². The Bertz CT molecular complexity index is 1020. The average molecular weight is 425 g/mol. The highest BCUT2D eigenvalue weighted by Crippen LogP contribution is 2.35. The number of aryl methyl sites for hydroxylation is 1. The maximum absolute atomic E-state index is 12.5. The summed E-state index contributed by atoms with van der Waals surface area (Å²) in [7, 11) is 1.67. The molecule has 1 aliphatic rings. The first-order chi connectivity index (χ1) is 14.9. The highest BCUT2D eigenvalue weighted by Gasteiger charge is 2.16. The van der Waals surface area contributed by atoms with Crippen molar-refractivity contribution >= 4 is 12.0 Å². The molecule has 8 nitrogen and oxygen atoms in total. The van der Waals surface area contributed by atoms with Crippen molar-refractivity contribution in [3.63, 3.8) is 0 Å². The Hall–Kier alpha value is -3.44. The first-order valence-corrected chi connectivity index (χ1v) is 10.0. The van der Waals surface area contributed by atoms with E-state index in [4.69, 9.17) is 18.9 Å². The maximum atomic E-state index is 12.5. The largest absolute Gasteiger partial charge is 0.492 e. The van der Waals surface area contributed by atoms with Crippen LogP contribution in [0.4, 0.5) is 0 Å². The van der Waals surface area contributed by atoms with Gasteiger partial charge in [0.05, 0.1) is 19.2 Å². The van der Waals surface area contributed by atoms with Crippen LogP contribution in [-0.4, -0.2) is 44.1 Å². The van der Waals surface area contributed by atoms with Gasteiger partial charge in [0.25, 0.3) is 5.91 Å². The van der Waals surface area contributed by atoms with Gasteiger partial charge in [0, 0.05) is 24.6 Å². The SMILES string of the molecule is COCC(C)n1c(C)cc(/C=C(/C#N)C(=O)NCCOc2ccc3c(c2)OCO3)c1C. The molecule has 1 N–H and O–H groups in total. The highest BCUT2D eigenvalue weighted by molar-refractivity contribution is 6.01. The minimum Gasteiger partial charge on any atom is -0.492 e. The number of rotatable bonds is 9. The fourth-order valence-electron chi connectivity index (χ4n) is 3.64. The van der Waals surface area contributed by atoms with Crippen LogP contribution >= 0.6 is 0 Å². The summed E-state index contributed by atoms with van der Waals surface area (Å²) >= 11 is 0. The molecule has 164 valence electrons. The fourth-order valence-corrected chi connectivity index (χ4v) is 3.64. The molecule has 31 heavy (non-hydrogen) atoms. The molecule has 1 aliphatic heterocycles. The van der Waals surface area contributed by atoms with Crippen LogP contribution < -0.4 is 19.5 Å². The number of nitrogens with one attached hydrogen (secondary N) is 1. The summed E-state index contributed by atoms with van der Waals surface area (Å²) in [6.07, 6.45) is 1.62. The zero-order chi connectivity index (χ0) is 22.4. The molecule has 0 bridgehead atoms. The molecule has 0 aliphatic carbocycles. The van der Waals surface area contributed by atoms with E-state index in [0.717, 1.165) is 17.0 Å². The summed E-state index contributed by atoms with van der Waals surface area (Å²) in [5.74, 6) is 1.49. The lowest BCUT2D eigenvalue weighted by Gasteiger charge is -2.17. The van der Waals surface area contributed by atoms with E-state index in [2.05, 4.69) is 16.8 Å². The van der Waals surface area contributed by atoms with Gasteiger partial charge in [0.2, 0.25) is 6.79 Å². The summed E-state index contributed by atoms with van der Waals surface area (Å²) in [5, 5.41) is 12.2. The van der Waals surface area contributed by atoms with Crippen molar-refractivity contribution in [2.75, 3.05) is 33.7 Å². The van der Waals surface area contributed by atoms with Gasteiger partial charge in [-0.1, -0.05) is 0 Å². The molecule has 1 aromatic heterocycles. The minimum atomic E-state index is -0.438. The van der Waals surface area contributed by atoms with Gasteiger partial charge in [0.15, 0.2) is 11.5 Å². The molecule has 2 aromatic rings. The minimum absolute atomic E-state index is 0.0442. The summed E-state index contributed by atoms with van der Waals surface area (Å²) in [5.41, 5.74) is 2.91. The predicted molar refractivity (Wildman–Crippen MR) is 115 cm³/mol. The average Bonchev–Trinajstić information content (AvgIpc) is 3.32. The fraction of sp³-hybridized carbons (Fsp3) is 0.391. The summed E-state index contributed by atoms with van der Waals surface area (Å²) in [4.78, 5) is 12.5. The molecule has 8 heteroatoms. The van der Waals surface area contributed by atoms with Crippen molar-refractivity contribution in [1.29, 1.82) is 5.26 Å². The molecule has 0 fully saturated rings. The molecule has 0 saturated carbocycles. The first kappa shape index (κ1) is 22.2. The van der Waals surface area contributed by atoms with Gasteiger partial charge in [-0.05, 0) is 50.6 Å². The van der Waals surface area contributed by atoms with E-state index in [-0.39, 0.29) is 31.6 Å². The van der Waals surface area contributed by atoms with Crippen molar-refractivity contribution in [2.24, 2.45) is 0 Å². The van der Waals surface area contributed by atoms with Gasteiger partial charge >= 0.3 is 0 Å². The third-order valence-corrected chi connectivity index (χ3v) is 5.04. The number of fused-ring (bicyclic) bond motifs is 1. The van der Waals surface area contributed by atoms with E-state index in [1.165, 1.54) is 0 Å². The lowest BCUT2D eigenvalue weighted by atomic mass is 10.1. The Morgan fingerprint density at radius 1 is 1.32 bits per heavy atom. The van der Waals surface area contributed by atoms with E-state index in [9.17, 15) is 10.1 Å². The number of nitriles is 1. The van der Waals surface area contributed by atoms with Gasteiger partial charge in [-0.25, -0.2) is 0 Å². The van der Waals surface area contributed by atoms with Crippen molar-refractivity contribution < 1.29 is 23.7 Å². The summed E-state index contributed by atoms with van der Waals surface area (Å²) < 4.78 is 23.6. The molecule has 1 unspecified atom stereocenters. The Balaban J connectivity index is 1.58. The van der Waals surface area contributed by atoms with Gasteiger partial charge < -0.3 is 28.8 Å². The Morgan fingerprint density at radius 2 is 2.10 bits per heavy atom. The van der Waals surface area contributed by atoms with Crippen LogP contribution in [0.25, 0.3) is 6.08 Å². The number of hydrogen-bond donors (Lipinski definition) is 1. The van der Waals surface area contributed by atoms with Gasteiger partial charge in [-0.3, -0.25) is 4.79 Å². The zero-order valence-electron chi connectivity index (χ0n) is 18.2. The third kappa shape index (κ3) is 5.19. The number of amides is 1. The molecule has 0 saturated heterocycles. The van der Waals surface area contributed by atoms with Crippen LogP contribution in [0.5, 0.6) is 17.2 Å². The number of carbonyl (C=O) groups excluding carboxylic acids is 1. The Kier molecular flexibility index (Phi) is 7.21. The number of hydrogen-bond acceptors (Lipinski definition) is 6. The first-order valence-electron chi connectivity index (χ1n) is 10.0. The molecule has 1 amide bonds. The van der Waals surface area contributed by atoms with E-state index >= 15 is 0 Å². The predicted octanol–water partition coefficient (Wildman–Crippen LogP) is 3.14.